The lowest BCUT2D eigenvalue weighted by molar-refractivity contribution is -0.113. The molecular weight excluding hydrogens is 495 g/mol. The van der Waals surface area contributed by atoms with Crippen molar-refractivity contribution in [2.45, 2.75) is 64.6 Å². The Labute approximate surface area is 218 Å². The molecule has 9 heteroatoms. The number of thiazole rings is 1. The number of hydrogen-bond donors (Lipinski definition) is 1. The number of aryl methyl sites for hydroxylation is 3. The van der Waals surface area contributed by atoms with E-state index < -0.39 is 0 Å². The van der Waals surface area contributed by atoms with Crippen LogP contribution in [0.3, 0.4) is 0 Å². The quantitative estimate of drug-likeness (QED) is 0.266. The van der Waals surface area contributed by atoms with Gasteiger partial charge in [-0.25, -0.2) is 4.98 Å². The summed E-state index contributed by atoms with van der Waals surface area (Å²) in [4.78, 5) is 18.8. The molecule has 0 aliphatic heterocycles. The van der Waals surface area contributed by atoms with Crippen LogP contribution in [0.1, 0.15) is 54.3 Å². The molecule has 0 radical (unpaired) electrons. The van der Waals surface area contributed by atoms with Gasteiger partial charge in [0.15, 0.2) is 16.1 Å². The highest BCUT2D eigenvalue weighted by atomic mass is 32.2. The number of thioether (sulfide) groups is 1. The fourth-order valence-corrected chi connectivity index (χ4v) is 7.08. The van der Waals surface area contributed by atoms with Crippen molar-refractivity contribution in [3.63, 3.8) is 0 Å². The number of rotatable bonds is 7. The lowest BCUT2D eigenvalue weighted by Gasteiger charge is -2.16. The standard InChI is InChI=1S/C26H29N5OS3/c1-15(2)31-24(20-12-33-22-8-6-5-7-19(20)22)29-30-26(31)35-14-23(32)28-25-27-21(13-34-25)18-10-9-16(3)17(4)11-18/h9-13,15H,5-8,14H2,1-4H3,(H,27,28,32). The third-order valence-electron chi connectivity index (χ3n) is 6.37. The molecule has 0 saturated carbocycles. The first kappa shape index (κ1) is 24.2. The van der Waals surface area contributed by atoms with Gasteiger partial charge in [-0.15, -0.1) is 32.9 Å². The van der Waals surface area contributed by atoms with Gasteiger partial charge >= 0.3 is 0 Å². The van der Waals surface area contributed by atoms with Crippen molar-refractivity contribution in [2.24, 2.45) is 0 Å². The highest BCUT2D eigenvalue weighted by Gasteiger charge is 2.24. The molecule has 0 unspecified atom stereocenters. The molecular formula is C26H29N5OS3. The summed E-state index contributed by atoms with van der Waals surface area (Å²) in [6.45, 7) is 8.47. The lowest BCUT2D eigenvalue weighted by atomic mass is 9.95. The molecule has 0 spiro atoms. The molecule has 3 heterocycles. The molecule has 1 N–H and O–H groups in total. The lowest BCUT2D eigenvalue weighted by Crippen LogP contribution is -2.15. The van der Waals surface area contributed by atoms with E-state index in [-0.39, 0.29) is 17.7 Å². The second-order valence-electron chi connectivity index (χ2n) is 9.20. The van der Waals surface area contributed by atoms with Crippen LogP contribution in [-0.4, -0.2) is 31.4 Å². The topological polar surface area (TPSA) is 72.7 Å². The van der Waals surface area contributed by atoms with Crippen LogP contribution in [-0.2, 0) is 17.6 Å². The normalized spacial score (nSPS) is 13.3. The number of aromatic nitrogens is 4. The fraction of sp³-hybridized carbons (Fsp3) is 0.385. The SMILES string of the molecule is Cc1ccc(-c2csc(NC(=O)CSc3nnc(-c4csc5c4CCCC5)n3C(C)C)n2)cc1C. The van der Waals surface area contributed by atoms with Crippen molar-refractivity contribution in [1.29, 1.82) is 0 Å². The van der Waals surface area contributed by atoms with Crippen molar-refractivity contribution in [3.05, 3.63) is 50.5 Å². The van der Waals surface area contributed by atoms with Gasteiger partial charge in [-0.1, -0.05) is 23.9 Å². The van der Waals surface area contributed by atoms with E-state index in [4.69, 9.17) is 0 Å². The van der Waals surface area contributed by atoms with Gasteiger partial charge in [-0.2, -0.15) is 0 Å². The summed E-state index contributed by atoms with van der Waals surface area (Å²) in [5.41, 5.74) is 7.08. The van der Waals surface area contributed by atoms with E-state index in [2.05, 4.69) is 76.3 Å². The number of carbonyl (C=O) groups is 1. The van der Waals surface area contributed by atoms with Crippen LogP contribution < -0.4 is 5.32 Å². The zero-order valence-corrected chi connectivity index (χ0v) is 22.9. The Morgan fingerprint density at radius 1 is 1.11 bits per heavy atom. The highest BCUT2D eigenvalue weighted by Crippen LogP contribution is 2.38. The number of fused-ring (bicyclic) bond motifs is 1. The number of amides is 1. The average molecular weight is 524 g/mol. The molecule has 1 aliphatic carbocycles. The van der Waals surface area contributed by atoms with Crippen molar-refractivity contribution in [3.8, 4) is 22.6 Å². The van der Waals surface area contributed by atoms with Crippen LogP contribution >= 0.6 is 34.4 Å². The van der Waals surface area contributed by atoms with E-state index in [1.807, 2.05) is 16.7 Å². The molecule has 6 nitrogen and oxygen atoms in total. The van der Waals surface area contributed by atoms with Gasteiger partial charge in [0.1, 0.15) is 0 Å². The summed E-state index contributed by atoms with van der Waals surface area (Å²) in [5, 5.41) is 17.6. The number of nitrogens with one attached hydrogen (secondary N) is 1. The van der Waals surface area contributed by atoms with E-state index in [1.165, 1.54) is 69.5 Å². The maximum atomic E-state index is 12.7. The minimum absolute atomic E-state index is 0.0937. The number of carbonyl (C=O) groups excluding carboxylic acids is 1. The van der Waals surface area contributed by atoms with Crippen LogP contribution in [0.5, 0.6) is 0 Å². The van der Waals surface area contributed by atoms with Crippen molar-refractivity contribution in [1.82, 2.24) is 19.7 Å². The van der Waals surface area contributed by atoms with Crippen molar-refractivity contribution < 1.29 is 4.79 Å². The smallest absolute Gasteiger partial charge is 0.236 e. The minimum Gasteiger partial charge on any atom is -0.301 e. The van der Waals surface area contributed by atoms with Crippen LogP contribution in [0.2, 0.25) is 0 Å². The van der Waals surface area contributed by atoms with Crippen LogP contribution in [0.15, 0.2) is 34.1 Å². The first-order valence-electron chi connectivity index (χ1n) is 11.9. The number of anilines is 1. The van der Waals surface area contributed by atoms with Crippen molar-refractivity contribution in [2.75, 3.05) is 11.1 Å². The Morgan fingerprint density at radius 3 is 2.74 bits per heavy atom. The summed E-state index contributed by atoms with van der Waals surface area (Å²) < 4.78 is 2.16. The van der Waals surface area contributed by atoms with Gasteiger partial charge in [0, 0.05) is 32.8 Å². The third kappa shape index (κ3) is 5.08. The summed E-state index contributed by atoms with van der Waals surface area (Å²) in [6.07, 6.45) is 4.78. The number of thiophene rings is 1. The molecule has 0 atom stereocenters. The fourth-order valence-electron chi connectivity index (χ4n) is 4.36. The monoisotopic (exact) mass is 523 g/mol. The van der Waals surface area contributed by atoms with Gasteiger partial charge in [0.25, 0.3) is 0 Å². The van der Waals surface area contributed by atoms with Crippen LogP contribution in [0, 0.1) is 13.8 Å². The number of hydrogen-bond acceptors (Lipinski definition) is 7. The molecule has 0 bridgehead atoms. The Morgan fingerprint density at radius 2 is 1.94 bits per heavy atom. The van der Waals surface area contributed by atoms with Crippen LogP contribution in [0.4, 0.5) is 5.13 Å². The van der Waals surface area contributed by atoms with Crippen molar-refractivity contribution >= 4 is 45.5 Å². The molecule has 0 fully saturated rings. The molecule has 35 heavy (non-hydrogen) atoms. The molecule has 5 rings (SSSR count). The predicted octanol–water partition coefficient (Wildman–Crippen LogP) is 6.94. The first-order valence-corrected chi connectivity index (χ1v) is 14.7. The summed E-state index contributed by atoms with van der Waals surface area (Å²) >= 11 is 4.71. The predicted molar refractivity (Wildman–Crippen MR) is 147 cm³/mol. The van der Waals surface area contributed by atoms with Gasteiger partial charge in [-0.3, -0.25) is 9.36 Å². The zero-order valence-electron chi connectivity index (χ0n) is 20.4. The summed E-state index contributed by atoms with van der Waals surface area (Å²) in [5.74, 6) is 1.08. The molecule has 1 aromatic carbocycles. The number of nitrogens with zero attached hydrogens (tertiary/aromatic N) is 4. The Kier molecular flexibility index (Phi) is 7.09. The van der Waals surface area contributed by atoms with E-state index >= 15 is 0 Å². The second kappa shape index (κ2) is 10.2. The molecule has 4 aromatic rings. The van der Waals surface area contributed by atoms with Gasteiger partial charge in [0.05, 0.1) is 11.4 Å². The molecule has 0 saturated heterocycles. The van der Waals surface area contributed by atoms with E-state index in [9.17, 15) is 4.79 Å². The van der Waals surface area contributed by atoms with Gasteiger partial charge in [-0.05, 0) is 76.1 Å². The molecule has 1 amide bonds. The zero-order chi connectivity index (χ0) is 24.5. The van der Waals surface area contributed by atoms with E-state index in [0.29, 0.717) is 5.13 Å². The second-order valence-corrected chi connectivity index (χ2v) is 12.0. The Bertz CT molecular complexity index is 1370. The third-order valence-corrected chi connectivity index (χ3v) is 9.16. The minimum atomic E-state index is -0.0937. The maximum Gasteiger partial charge on any atom is 0.236 e. The maximum absolute atomic E-state index is 12.7. The summed E-state index contributed by atoms with van der Waals surface area (Å²) in [7, 11) is 0. The highest BCUT2D eigenvalue weighted by molar-refractivity contribution is 7.99. The molecule has 3 aromatic heterocycles. The van der Waals surface area contributed by atoms with Gasteiger partial charge in [0.2, 0.25) is 5.91 Å². The van der Waals surface area contributed by atoms with E-state index in [1.54, 1.807) is 0 Å². The van der Waals surface area contributed by atoms with Crippen LogP contribution in [0.25, 0.3) is 22.6 Å². The first-order chi connectivity index (χ1) is 16.9. The largest absolute Gasteiger partial charge is 0.301 e. The summed E-state index contributed by atoms with van der Waals surface area (Å²) in [6, 6.07) is 6.50. The Hall–Kier alpha value is -2.49. The molecule has 1 aliphatic rings. The average Bonchev–Trinajstić information content (AvgIpc) is 3.57. The Balaban J connectivity index is 1.27. The number of benzene rings is 1. The van der Waals surface area contributed by atoms with E-state index in [0.717, 1.165) is 28.7 Å². The van der Waals surface area contributed by atoms with Gasteiger partial charge < -0.3 is 5.32 Å². The molecule has 182 valence electrons.